The molecule has 0 aliphatic heterocycles. The first kappa shape index (κ1) is 19.6. The lowest BCUT2D eigenvalue weighted by Gasteiger charge is -2.22. The first-order valence-corrected chi connectivity index (χ1v) is 10.4. The number of hydrogen-bond donors (Lipinski definition) is 1. The van der Waals surface area contributed by atoms with E-state index in [1.54, 1.807) is 13.1 Å². The number of aromatic nitrogens is 2. The van der Waals surface area contributed by atoms with E-state index in [0.29, 0.717) is 42.2 Å². The highest BCUT2D eigenvalue weighted by Crippen LogP contribution is 2.29. The Hall–Kier alpha value is -2.67. The van der Waals surface area contributed by atoms with Crippen LogP contribution in [-0.2, 0) is 18.0 Å². The summed E-state index contributed by atoms with van der Waals surface area (Å²) in [4.78, 5) is 26.6. The number of ether oxygens (including phenoxy) is 1. The maximum Gasteiger partial charge on any atom is 0.341 e. The minimum Gasteiger partial charge on any atom is -0.462 e. The van der Waals surface area contributed by atoms with Crippen LogP contribution in [0.1, 0.15) is 64.6 Å². The Morgan fingerprint density at radius 3 is 2.55 bits per heavy atom. The monoisotopic (exact) mass is 396 g/mol. The molecule has 1 heterocycles. The number of hydrogen-bond acceptors (Lipinski definition) is 5. The van der Waals surface area contributed by atoms with Crippen molar-refractivity contribution in [3.8, 4) is 0 Å². The molecule has 0 bridgehead atoms. The zero-order valence-electron chi connectivity index (χ0n) is 17.1. The molecule has 1 aromatic carbocycles. The topological polar surface area (TPSA) is 76.5 Å². The number of rotatable bonds is 9. The van der Waals surface area contributed by atoms with E-state index in [9.17, 15) is 9.59 Å². The second-order valence-corrected chi connectivity index (χ2v) is 7.95. The molecular weight excluding hydrogens is 368 g/mol. The minimum absolute atomic E-state index is 0.0108. The predicted octanol–water partition coefficient (Wildman–Crippen LogP) is 2.88. The van der Waals surface area contributed by atoms with E-state index in [1.807, 2.05) is 35.9 Å². The Morgan fingerprint density at radius 1 is 1.21 bits per heavy atom. The number of amides is 1. The van der Waals surface area contributed by atoms with Crippen LogP contribution in [0.25, 0.3) is 0 Å². The highest BCUT2D eigenvalue weighted by atomic mass is 16.5. The van der Waals surface area contributed by atoms with Gasteiger partial charge in [-0.1, -0.05) is 12.1 Å². The molecule has 0 saturated heterocycles. The largest absolute Gasteiger partial charge is 0.462 e. The number of nitrogens with one attached hydrogen (secondary N) is 1. The van der Waals surface area contributed by atoms with Crippen molar-refractivity contribution in [1.29, 1.82) is 0 Å². The highest BCUT2D eigenvalue weighted by Gasteiger charge is 2.30. The number of carbonyl (C=O) groups is 2. The zero-order valence-corrected chi connectivity index (χ0v) is 17.1. The van der Waals surface area contributed by atoms with Crippen molar-refractivity contribution in [3.05, 3.63) is 52.8 Å². The van der Waals surface area contributed by atoms with Crippen LogP contribution >= 0.6 is 0 Å². The molecular formula is C22H28N4O3. The van der Waals surface area contributed by atoms with Gasteiger partial charge < -0.3 is 10.1 Å². The van der Waals surface area contributed by atoms with Crippen LogP contribution in [0.2, 0.25) is 0 Å². The molecule has 4 rings (SSSR count). The number of carbonyl (C=O) groups excluding carboxylic acids is 2. The van der Waals surface area contributed by atoms with E-state index in [0.717, 1.165) is 24.9 Å². The Balaban J connectivity index is 1.40. The molecule has 1 aromatic heterocycles. The van der Waals surface area contributed by atoms with Gasteiger partial charge in [0.2, 0.25) is 0 Å². The van der Waals surface area contributed by atoms with Gasteiger partial charge in [-0.05, 0) is 57.2 Å². The predicted molar refractivity (Wildman–Crippen MR) is 108 cm³/mol. The summed E-state index contributed by atoms with van der Waals surface area (Å²) in [5, 5.41) is 7.52. The van der Waals surface area contributed by atoms with Gasteiger partial charge in [0, 0.05) is 30.4 Å². The summed E-state index contributed by atoms with van der Waals surface area (Å²) < 4.78 is 6.92. The van der Waals surface area contributed by atoms with Crippen molar-refractivity contribution >= 4 is 11.9 Å². The van der Waals surface area contributed by atoms with Crippen molar-refractivity contribution in [2.45, 2.75) is 64.8 Å². The number of benzene rings is 1. The molecule has 7 nitrogen and oxygen atoms in total. The molecule has 0 atom stereocenters. The van der Waals surface area contributed by atoms with Crippen LogP contribution in [0.5, 0.6) is 0 Å². The summed E-state index contributed by atoms with van der Waals surface area (Å²) in [6, 6.07) is 8.74. The van der Waals surface area contributed by atoms with Crippen molar-refractivity contribution in [2.24, 2.45) is 0 Å². The van der Waals surface area contributed by atoms with Crippen LogP contribution in [0.15, 0.2) is 30.5 Å². The lowest BCUT2D eigenvalue weighted by Crippen LogP contribution is -2.28. The van der Waals surface area contributed by atoms with Crippen LogP contribution < -0.4 is 5.32 Å². The van der Waals surface area contributed by atoms with Crippen molar-refractivity contribution < 1.29 is 14.3 Å². The van der Waals surface area contributed by atoms with Gasteiger partial charge in [0.05, 0.1) is 19.0 Å². The minimum atomic E-state index is -0.325. The molecule has 1 N–H and O–H groups in total. The van der Waals surface area contributed by atoms with E-state index in [4.69, 9.17) is 4.74 Å². The van der Waals surface area contributed by atoms with Crippen LogP contribution in [0, 0.1) is 6.92 Å². The Kier molecular flexibility index (Phi) is 5.67. The van der Waals surface area contributed by atoms with Crippen molar-refractivity contribution in [3.63, 3.8) is 0 Å². The maximum atomic E-state index is 12.2. The summed E-state index contributed by atoms with van der Waals surface area (Å²) in [6.45, 7) is 5.38. The highest BCUT2D eigenvalue weighted by molar-refractivity contribution is 5.94. The summed E-state index contributed by atoms with van der Waals surface area (Å²) in [5.41, 5.74) is 3.08. The third-order valence-electron chi connectivity index (χ3n) is 5.35. The van der Waals surface area contributed by atoms with E-state index >= 15 is 0 Å². The molecule has 0 unspecified atom stereocenters. The van der Waals surface area contributed by atoms with E-state index in [1.165, 1.54) is 12.8 Å². The number of nitrogens with zero attached hydrogens (tertiary/aromatic N) is 3. The van der Waals surface area contributed by atoms with Gasteiger partial charge in [-0.25, -0.2) is 4.79 Å². The second-order valence-electron chi connectivity index (χ2n) is 7.95. The molecule has 2 fully saturated rings. The molecule has 2 aliphatic carbocycles. The Morgan fingerprint density at radius 2 is 1.93 bits per heavy atom. The van der Waals surface area contributed by atoms with E-state index in [2.05, 4.69) is 15.3 Å². The van der Waals surface area contributed by atoms with E-state index < -0.39 is 0 Å². The van der Waals surface area contributed by atoms with Crippen molar-refractivity contribution in [1.82, 2.24) is 20.0 Å². The average molecular weight is 396 g/mol. The second kappa shape index (κ2) is 8.37. The summed E-state index contributed by atoms with van der Waals surface area (Å²) >= 11 is 0. The third-order valence-corrected chi connectivity index (χ3v) is 5.35. The lowest BCUT2D eigenvalue weighted by atomic mass is 10.1. The first-order valence-electron chi connectivity index (χ1n) is 10.4. The molecule has 154 valence electrons. The van der Waals surface area contributed by atoms with Crippen molar-refractivity contribution in [2.75, 3.05) is 6.61 Å². The average Bonchev–Trinajstić information content (AvgIpc) is 3.61. The lowest BCUT2D eigenvalue weighted by molar-refractivity contribution is 0.0525. The maximum absolute atomic E-state index is 12.2. The molecule has 7 heteroatoms. The summed E-state index contributed by atoms with van der Waals surface area (Å²) in [7, 11) is 0. The molecule has 2 saturated carbocycles. The van der Waals surface area contributed by atoms with Gasteiger partial charge in [0.25, 0.3) is 5.91 Å². The summed E-state index contributed by atoms with van der Waals surface area (Å²) in [6.07, 6.45) is 6.30. The molecule has 0 radical (unpaired) electrons. The zero-order chi connectivity index (χ0) is 20.4. The first-order chi connectivity index (χ1) is 14.0. The quantitative estimate of drug-likeness (QED) is 0.660. The van der Waals surface area contributed by atoms with Gasteiger partial charge in [-0.3, -0.25) is 14.4 Å². The SMILES string of the molecule is CCOC(=O)c1cn(CN(Cc2ccc(C(=O)NC3CC3)cc2)C2CC2)nc1C. The van der Waals surface area contributed by atoms with Crippen LogP contribution in [0.4, 0.5) is 0 Å². The van der Waals surface area contributed by atoms with Gasteiger partial charge in [0.15, 0.2) is 0 Å². The van der Waals surface area contributed by atoms with Gasteiger partial charge in [0.1, 0.15) is 5.56 Å². The van der Waals surface area contributed by atoms with Crippen LogP contribution in [-0.4, -0.2) is 45.2 Å². The number of aryl methyl sites for hydroxylation is 1. The van der Waals surface area contributed by atoms with Crippen LogP contribution in [0.3, 0.4) is 0 Å². The smallest absolute Gasteiger partial charge is 0.341 e. The van der Waals surface area contributed by atoms with Gasteiger partial charge in [-0.15, -0.1) is 0 Å². The fourth-order valence-corrected chi connectivity index (χ4v) is 3.41. The molecule has 1 amide bonds. The number of esters is 1. The fourth-order valence-electron chi connectivity index (χ4n) is 3.41. The molecule has 2 aromatic rings. The molecule has 2 aliphatic rings. The standard InChI is InChI=1S/C22H28N4O3/c1-3-29-22(28)20-13-26(24-15(20)2)14-25(19-10-11-19)12-16-4-6-17(7-5-16)21(27)23-18-8-9-18/h4-7,13,18-19H,3,8-12,14H2,1-2H3,(H,23,27). The van der Waals surface area contributed by atoms with E-state index in [-0.39, 0.29) is 11.9 Å². The molecule has 0 spiro atoms. The van der Waals surface area contributed by atoms with Gasteiger partial charge in [-0.2, -0.15) is 5.10 Å². The Labute approximate surface area is 171 Å². The summed E-state index contributed by atoms with van der Waals surface area (Å²) in [5.74, 6) is -0.314. The molecule has 29 heavy (non-hydrogen) atoms. The fraction of sp³-hybridized carbons (Fsp3) is 0.500. The Bertz CT molecular complexity index is 882. The normalized spacial score (nSPS) is 16.1. The third kappa shape index (κ3) is 5.03. The van der Waals surface area contributed by atoms with Gasteiger partial charge >= 0.3 is 5.97 Å².